The molecule has 1 fully saturated rings. The van der Waals surface area contributed by atoms with E-state index in [-0.39, 0.29) is 17.2 Å². The van der Waals surface area contributed by atoms with Crippen LogP contribution in [0.5, 0.6) is 0 Å². The number of alkyl halides is 2. The van der Waals surface area contributed by atoms with Gasteiger partial charge in [-0.15, -0.1) is 0 Å². The molecular weight excluding hydrogens is 280 g/mol. The van der Waals surface area contributed by atoms with E-state index in [1.807, 2.05) is 13.8 Å². The van der Waals surface area contributed by atoms with Crippen LogP contribution in [0.15, 0.2) is 6.20 Å². The maximum absolute atomic E-state index is 13.3. The Hall–Kier alpha value is -1.50. The summed E-state index contributed by atoms with van der Waals surface area (Å²) in [5, 5.41) is 13.4. The number of amides is 1. The molecule has 1 saturated heterocycles. The fraction of sp³-hybridized carbons (Fsp3) is 0.714. The van der Waals surface area contributed by atoms with Crippen molar-refractivity contribution in [3.05, 3.63) is 17.5 Å². The molecule has 0 unspecified atom stereocenters. The molecule has 1 aromatic rings. The molecular formula is C14H21F2N3O2. The van der Waals surface area contributed by atoms with Gasteiger partial charge in [0.15, 0.2) is 0 Å². The second-order valence-corrected chi connectivity index (χ2v) is 5.84. The molecule has 0 aliphatic carbocycles. The van der Waals surface area contributed by atoms with E-state index in [0.29, 0.717) is 32.5 Å². The first-order chi connectivity index (χ1) is 9.90. The zero-order valence-electron chi connectivity index (χ0n) is 12.3. The van der Waals surface area contributed by atoms with Crippen LogP contribution in [0.1, 0.15) is 49.2 Å². The number of hydrogen-bond acceptors (Lipinski definition) is 3. The number of aromatic nitrogens is 2. The Morgan fingerprint density at radius 1 is 1.43 bits per heavy atom. The fourth-order valence-corrected chi connectivity index (χ4v) is 2.52. The van der Waals surface area contributed by atoms with E-state index in [9.17, 15) is 18.7 Å². The molecule has 5 nitrogen and oxygen atoms in total. The van der Waals surface area contributed by atoms with Gasteiger partial charge in [-0.2, -0.15) is 5.10 Å². The number of hydrogen-bond donors (Lipinski definition) is 1. The normalized spacial score (nSPS) is 17.0. The van der Waals surface area contributed by atoms with Gasteiger partial charge < -0.3 is 10.0 Å². The first-order valence-electron chi connectivity index (χ1n) is 7.21. The topological polar surface area (TPSA) is 58.4 Å². The molecule has 1 aliphatic rings. The number of piperidine rings is 1. The molecule has 1 N–H and O–H groups in total. The summed E-state index contributed by atoms with van der Waals surface area (Å²) < 4.78 is 27.8. The van der Waals surface area contributed by atoms with E-state index >= 15 is 0 Å². The highest BCUT2D eigenvalue weighted by Gasteiger charge is 2.29. The molecule has 1 aliphatic heterocycles. The first kappa shape index (κ1) is 15.9. The van der Waals surface area contributed by atoms with Crippen molar-refractivity contribution in [1.29, 1.82) is 0 Å². The van der Waals surface area contributed by atoms with Crippen LogP contribution in [-0.2, 0) is 6.54 Å². The predicted molar refractivity (Wildman–Crippen MR) is 73.2 cm³/mol. The Balaban J connectivity index is 2.22. The molecule has 0 aromatic carbocycles. The van der Waals surface area contributed by atoms with E-state index in [2.05, 4.69) is 5.10 Å². The van der Waals surface area contributed by atoms with Crippen molar-refractivity contribution in [1.82, 2.24) is 14.7 Å². The van der Waals surface area contributed by atoms with Crippen molar-refractivity contribution in [3.8, 4) is 0 Å². The average Bonchev–Trinajstić information content (AvgIpc) is 2.81. The number of carbonyl (C=O) groups is 1. The minimum Gasteiger partial charge on any atom is -0.393 e. The van der Waals surface area contributed by atoms with Gasteiger partial charge in [0.1, 0.15) is 5.69 Å². The summed E-state index contributed by atoms with van der Waals surface area (Å²) in [5.41, 5.74) is -0.332. The van der Waals surface area contributed by atoms with Crippen molar-refractivity contribution in [2.24, 2.45) is 5.92 Å². The lowest BCUT2D eigenvalue weighted by Gasteiger charge is -2.29. The number of halogens is 2. The van der Waals surface area contributed by atoms with E-state index in [1.54, 1.807) is 0 Å². The van der Waals surface area contributed by atoms with Crippen LogP contribution < -0.4 is 0 Å². The molecule has 7 heteroatoms. The van der Waals surface area contributed by atoms with Gasteiger partial charge in [0, 0.05) is 19.6 Å². The summed E-state index contributed by atoms with van der Waals surface area (Å²) in [5.74, 6) is -0.261. The van der Waals surface area contributed by atoms with Crippen LogP contribution in [0.2, 0.25) is 0 Å². The highest BCUT2D eigenvalue weighted by atomic mass is 19.3. The molecule has 21 heavy (non-hydrogen) atoms. The number of aliphatic hydroxyl groups is 1. The molecule has 1 amide bonds. The zero-order chi connectivity index (χ0) is 15.6. The first-order valence-corrected chi connectivity index (χ1v) is 7.21. The van der Waals surface area contributed by atoms with Crippen molar-refractivity contribution in [2.75, 3.05) is 13.1 Å². The highest BCUT2D eigenvalue weighted by molar-refractivity contribution is 5.95. The molecule has 2 rings (SSSR count). The monoisotopic (exact) mass is 301 g/mol. The van der Waals surface area contributed by atoms with Crippen LogP contribution in [0.4, 0.5) is 8.78 Å². The molecule has 0 radical (unpaired) electrons. The van der Waals surface area contributed by atoms with Gasteiger partial charge in [-0.1, -0.05) is 13.8 Å². The lowest BCUT2D eigenvalue weighted by Crippen LogP contribution is -2.40. The van der Waals surface area contributed by atoms with E-state index in [1.165, 1.54) is 15.8 Å². The third-order valence-corrected chi connectivity index (χ3v) is 3.61. The zero-order valence-corrected chi connectivity index (χ0v) is 12.3. The molecule has 2 heterocycles. The lowest BCUT2D eigenvalue weighted by molar-refractivity contribution is 0.0536. The van der Waals surface area contributed by atoms with Crippen LogP contribution in [-0.4, -0.2) is 44.9 Å². The third-order valence-electron chi connectivity index (χ3n) is 3.61. The van der Waals surface area contributed by atoms with Gasteiger partial charge >= 0.3 is 0 Å². The highest BCUT2D eigenvalue weighted by Crippen LogP contribution is 2.25. The van der Waals surface area contributed by atoms with Crippen LogP contribution in [0.3, 0.4) is 0 Å². The summed E-state index contributed by atoms with van der Waals surface area (Å²) in [4.78, 5) is 13.9. The van der Waals surface area contributed by atoms with Crippen LogP contribution in [0, 0.1) is 5.92 Å². The minimum absolute atomic E-state index is 0.0259. The molecule has 0 saturated carbocycles. The third kappa shape index (κ3) is 3.58. The van der Waals surface area contributed by atoms with Crippen LogP contribution >= 0.6 is 0 Å². The van der Waals surface area contributed by atoms with E-state index in [4.69, 9.17) is 0 Å². The number of nitrogens with zero attached hydrogens (tertiary/aromatic N) is 3. The predicted octanol–water partition coefficient (Wildman–Crippen LogP) is 2.07. The fourth-order valence-electron chi connectivity index (χ4n) is 2.52. The molecule has 0 bridgehead atoms. The summed E-state index contributed by atoms with van der Waals surface area (Å²) in [7, 11) is 0. The number of carbonyl (C=O) groups excluding carboxylic acids is 1. The molecule has 1 aromatic heterocycles. The van der Waals surface area contributed by atoms with Gasteiger partial charge in [0.2, 0.25) is 0 Å². The Morgan fingerprint density at radius 3 is 2.57 bits per heavy atom. The maximum Gasteiger partial charge on any atom is 0.280 e. The van der Waals surface area contributed by atoms with Crippen molar-refractivity contribution >= 4 is 5.91 Å². The van der Waals surface area contributed by atoms with Crippen molar-refractivity contribution < 1.29 is 18.7 Å². The van der Waals surface area contributed by atoms with Gasteiger partial charge in [0.05, 0.1) is 17.9 Å². The summed E-state index contributed by atoms with van der Waals surface area (Å²) >= 11 is 0. The Morgan fingerprint density at radius 2 is 2.05 bits per heavy atom. The Labute approximate surface area is 122 Å². The molecule has 0 spiro atoms. The van der Waals surface area contributed by atoms with E-state index in [0.717, 1.165) is 0 Å². The second kappa shape index (κ2) is 6.51. The average molecular weight is 301 g/mol. The van der Waals surface area contributed by atoms with Crippen LogP contribution in [0.25, 0.3) is 0 Å². The Kier molecular flexibility index (Phi) is 4.92. The quantitative estimate of drug-likeness (QED) is 0.926. The van der Waals surface area contributed by atoms with Gasteiger partial charge in [-0.05, 0) is 18.8 Å². The second-order valence-electron chi connectivity index (χ2n) is 5.84. The number of aliphatic hydroxyl groups excluding tert-OH is 1. The van der Waals surface area contributed by atoms with Gasteiger partial charge in [0.25, 0.3) is 12.3 Å². The summed E-state index contributed by atoms with van der Waals surface area (Å²) in [6.45, 7) is 4.94. The van der Waals surface area contributed by atoms with Gasteiger partial charge in [-0.3, -0.25) is 9.48 Å². The summed E-state index contributed by atoms with van der Waals surface area (Å²) in [6.07, 6.45) is -0.948. The van der Waals surface area contributed by atoms with Crippen molar-refractivity contribution in [3.63, 3.8) is 0 Å². The van der Waals surface area contributed by atoms with E-state index < -0.39 is 18.4 Å². The molecule has 118 valence electrons. The minimum atomic E-state index is -2.74. The summed E-state index contributed by atoms with van der Waals surface area (Å²) in [6, 6.07) is 0. The lowest BCUT2D eigenvalue weighted by atomic mass is 10.1. The SMILES string of the molecule is CC(C)Cn1ncc(C(=O)N2CCC(O)CC2)c1C(F)F. The van der Waals surface area contributed by atoms with Crippen molar-refractivity contribution in [2.45, 2.75) is 45.8 Å². The molecule has 0 atom stereocenters. The van der Waals surface area contributed by atoms with Gasteiger partial charge in [-0.25, -0.2) is 8.78 Å². The largest absolute Gasteiger partial charge is 0.393 e. The number of rotatable bonds is 4. The smallest absolute Gasteiger partial charge is 0.280 e. The maximum atomic E-state index is 13.3. The standard InChI is InChI=1S/C14H21F2N3O2/c1-9(2)8-19-12(13(15)16)11(7-17-19)14(21)18-5-3-10(20)4-6-18/h7,9-10,13,20H,3-6,8H2,1-2H3. The Bertz CT molecular complexity index is 494. The number of likely N-dealkylation sites (tertiary alicyclic amines) is 1.